The lowest BCUT2D eigenvalue weighted by molar-refractivity contribution is 0.102. The summed E-state index contributed by atoms with van der Waals surface area (Å²) in [6, 6.07) is 9.54. The second-order valence-corrected chi connectivity index (χ2v) is 7.52. The minimum absolute atomic E-state index is 0.0415. The zero-order chi connectivity index (χ0) is 22.0. The second-order valence-electron chi connectivity index (χ2n) is 7.52. The summed E-state index contributed by atoms with van der Waals surface area (Å²) in [6.45, 7) is 8.69. The van der Waals surface area contributed by atoms with Crippen LogP contribution in [0.1, 0.15) is 47.1 Å². The predicted molar refractivity (Wildman–Crippen MR) is 121 cm³/mol. The highest BCUT2D eigenvalue weighted by Gasteiger charge is 2.12. The van der Waals surface area contributed by atoms with Gasteiger partial charge in [-0.1, -0.05) is 12.1 Å². The molecule has 3 heterocycles. The van der Waals surface area contributed by atoms with E-state index in [1.807, 2.05) is 68.9 Å². The van der Waals surface area contributed by atoms with E-state index in [9.17, 15) is 4.79 Å². The summed E-state index contributed by atoms with van der Waals surface area (Å²) in [7, 11) is 0. The van der Waals surface area contributed by atoms with Crippen molar-refractivity contribution in [2.24, 2.45) is 0 Å². The Kier molecular flexibility index (Phi) is 5.62. The molecule has 3 aromatic heterocycles. The number of pyridine rings is 1. The van der Waals surface area contributed by atoms with E-state index in [1.165, 1.54) is 0 Å². The molecule has 1 aromatic carbocycles. The van der Waals surface area contributed by atoms with Crippen LogP contribution in [0, 0.1) is 13.8 Å². The SMILES string of the molecule is CCn1cc2ncc(N[C@@H](C)c3cccc(NC(=O)c4cnc(C)c(C)c4)c3)nc2n1. The number of hydrogen-bond acceptors (Lipinski definition) is 6. The molecule has 1 amide bonds. The van der Waals surface area contributed by atoms with Gasteiger partial charge in [0, 0.05) is 24.1 Å². The number of anilines is 2. The summed E-state index contributed by atoms with van der Waals surface area (Å²) in [5.74, 6) is 0.466. The molecule has 0 saturated carbocycles. The van der Waals surface area contributed by atoms with Gasteiger partial charge in [0.25, 0.3) is 5.91 Å². The molecule has 0 aliphatic heterocycles. The van der Waals surface area contributed by atoms with E-state index in [4.69, 9.17) is 0 Å². The molecule has 0 saturated heterocycles. The van der Waals surface area contributed by atoms with Crippen molar-refractivity contribution in [3.8, 4) is 0 Å². The smallest absolute Gasteiger partial charge is 0.257 e. The van der Waals surface area contributed by atoms with Crippen LogP contribution in [0.25, 0.3) is 11.2 Å². The molecule has 4 rings (SSSR count). The Morgan fingerprint density at radius 3 is 2.77 bits per heavy atom. The molecule has 0 bridgehead atoms. The molecular formula is C23H25N7O. The number of rotatable bonds is 6. The summed E-state index contributed by atoms with van der Waals surface area (Å²) in [5.41, 5.74) is 5.55. The number of fused-ring (bicyclic) bond motifs is 1. The Morgan fingerprint density at radius 2 is 2.00 bits per heavy atom. The molecule has 0 radical (unpaired) electrons. The second kappa shape index (κ2) is 8.51. The van der Waals surface area contributed by atoms with Crippen molar-refractivity contribution in [3.63, 3.8) is 0 Å². The average molecular weight is 416 g/mol. The van der Waals surface area contributed by atoms with Crippen LogP contribution < -0.4 is 10.6 Å². The van der Waals surface area contributed by atoms with Gasteiger partial charge in [0.2, 0.25) is 5.65 Å². The third kappa shape index (κ3) is 4.53. The molecule has 0 spiro atoms. The topological polar surface area (TPSA) is 97.6 Å². The number of carbonyl (C=O) groups is 1. The highest BCUT2D eigenvalue weighted by Crippen LogP contribution is 2.22. The van der Waals surface area contributed by atoms with E-state index in [0.29, 0.717) is 17.0 Å². The molecule has 158 valence electrons. The zero-order valence-corrected chi connectivity index (χ0v) is 18.0. The van der Waals surface area contributed by atoms with E-state index in [0.717, 1.165) is 34.6 Å². The minimum Gasteiger partial charge on any atom is -0.362 e. The fraction of sp³-hybridized carbons (Fsp3) is 0.261. The first-order valence-electron chi connectivity index (χ1n) is 10.2. The number of amides is 1. The molecule has 8 heteroatoms. The summed E-state index contributed by atoms with van der Waals surface area (Å²) in [6.07, 6.45) is 5.19. The lowest BCUT2D eigenvalue weighted by Gasteiger charge is -2.16. The van der Waals surface area contributed by atoms with Crippen molar-refractivity contribution in [2.75, 3.05) is 10.6 Å². The number of carbonyl (C=O) groups excluding carboxylic acids is 1. The molecule has 0 fully saturated rings. The summed E-state index contributed by atoms with van der Waals surface area (Å²) in [4.78, 5) is 25.9. The Hall–Kier alpha value is -3.81. The van der Waals surface area contributed by atoms with Gasteiger partial charge >= 0.3 is 0 Å². The van der Waals surface area contributed by atoms with Crippen LogP contribution in [0.4, 0.5) is 11.5 Å². The Balaban J connectivity index is 1.48. The van der Waals surface area contributed by atoms with Crippen LogP contribution >= 0.6 is 0 Å². The molecule has 2 N–H and O–H groups in total. The Labute approximate surface area is 180 Å². The maximum atomic E-state index is 12.6. The van der Waals surface area contributed by atoms with Gasteiger partial charge < -0.3 is 10.6 Å². The maximum Gasteiger partial charge on any atom is 0.257 e. The van der Waals surface area contributed by atoms with Gasteiger partial charge in [-0.15, -0.1) is 0 Å². The highest BCUT2D eigenvalue weighted by molar-refractivity contribution is 6.04. The lowest BCUT2D eigenvalue weighted by Crippen LogP contribution is -2.14. The van der Waals surface area contributed by atoms with Crippen molar-refractivity contribution in [3.05, 3.63) is 71.3 Å². The molecular weight excluding hydrogens is 390 g/mol. The monoisotopic (exact) mass is 415 g/mol. The van der Waals surface area contributed by atoms with Crippen molar-refractivity contribution in [1.29, 1.82) is 0 Å². The first-order valence-corrected chi connectivity index (χ1v) is 10.2. The van der Waals surface area contributed by atoms with Crippen LogP contribution in [0.2, 0.25) is 0 Å². The van der Waals surface area contributed by atoms with E-state index < -0.39 is 0 Å². The number of aryl methyl sites for hydroxylation is 3. The number of hydrogen-bond donors (Lipinski definition) is 2. The first kappa shape index (κ1) is 20.5. The van der Waals surface area contributed by atoms with Gasteiger partial charge in [-0.3, -0.25) is 14.5 Å². The normalized spacial score (nSPS) is 12.0. The molecule has 1 atom stereocenters. The molecule has 0 unspecified atom stereocenters. The fourth-order valence-electron chi connectivity index (χ4n) is 3.24. The number of nitrogens with one attached hydrogen (secondary N) is 2. The van der Waals surface area contributed by atoms with E-state index in [1.54, 1.807) is 12.4 Å². The van der Waals surface area contributed by atoms with Gasteiger partial charge in [-0.05, 0) is 57.0 Å². The molecule has 31 heavy (non-hydrogen) atoms. The first-order chi connectivity index (χ1) is 14.9. The van der Waals surface area contributed by atoms with Gasteiger partial charge in [-0.2, -0.15) is 5.10 Å². The Bertz CT molecular complexity index is 1250. The average Bonchev–Trinajstić information content (AvgIpc) is 3.18. The van der Waals surface area contributed by atoms with E-state index in [-0.39, 0.29) is 11.9 Å². The molecule has 0 aliphatic carbocycles. The largest absolute Gasteiger partial charge is 0.362 e. The minimum atomic E-state index is -0.184. The maximum absolute atomic E-state index is 12.6. The van der Waals surface area contributed by atoms with Crippen molar-refractivity contribution >= 4 is 28.6 Å². The van der Waals surface area contributed by atoms with E-state index >= 15 is 0 Å². The summed E-state index contributed by atoms with van der Waals surface area (Å²) < 4.78 is 1.81. The van der Waals surface area contributed by atoms with Crippen molar-refractivity contribution < 1.29 is 4.79 Å². The van der Waals surface area contributed by atoms with Gasteiger partial charge in [0.05, 0.1) is 24.0 Å². The molecule has 4 aromatic rings. The van der Waals surface area contributed by atoms with Crippen molar-refractivity contribution in [1.82, 2.24) is 24.7 Å². The van der Waals surface area contributed by atoms with Crippen LogP contribution in [0.15, 0.2) is 48.9 Å². The highest BCUT2D eigenvalue weighted by atomic mass is 16.1. The van der Waals surface area contributed by atoms with E-state index in [2.05, 4.69) is 30.7 Å². The Morgan fingerprint density at radius 1 is 1.16 bits per heavy atom. The fourth-order valence-corrected chi connectivity index (χ4v) is 3.24. The summed E-state index contributed by atoms with van der Waals surface area (Å²) in [5, 5.41) is 10.7. The van der Waals surface area contributed by atoms with Crippen LogP contribution in [0.3, 0.4) is 0 Å². The third-order valence-corrected chi connectivity index (χ3v) is 5.21. The molecule has 8 nitrogen and oxygen atoms in total. The van der Waals surface area contributed by atoms with Gasteiger partial charge in [-0.25, -0.2) is 9.97 Å². The zero-order valence-electron chi connectivity index (χ0n) is 18.0. The van der Waals surface area contributed by atoms with Crippen LogP contribution in [-0.4, -0.2) is 30.6 Å². The molecule has 0 aliphatic rings. The number of nitrogens with zero attached hydrogens (tertiary/aromatic N) is 5. The summed E-state index contributed by atoms with van der Waals surface area (Å²) >= 11 is 0. The van der Waals surface area contributed by atoms with Crippen LogP contribution in [-0.2, 0) is 6.54 Å². The lowest BCUT2D eigenvalue weighted by atomic mass is 10.1. The third-order valence-electron chi connectivity index (χ3n) is 5.21. The van der Waals surface area contributed by atoms with Gasteiger partial charge in [0.1, 0.15) is 11.3 Å². The standard InChI is InChI=1S/C23H25N7O/c1-5-30-13-20-22(29-30)28-21(12-25-20)26-16(4)17-7-6-8-19(10-17)27-23(31)18-9-14(2)15(3)24-11-18/h6-13,16H,5H2,1-4H3,(H,27,31)(H,26,28,29)/t16-/m0/s1. The van der Waals surface area contributed by atoms with Crippen molar-refractivity contribution in [2.45, 2.75) is 40.3 Å². The predicted octanol–water partition coefficient (Wildman–Crippen LogP) is 4.28. The van der Waals surface area contributed by atoms with Gasteiger partial charge in [0.15, 0.2) is 0 Å². The van der Waals surface area contributed by atoms with Crippen LogP contribution in [0.5, 0.6) is 0 Å². The number of benzene rings is 1. The quantitative estimate of drug-likeness (QED) is 0.488. The number of aromatic nitrogens is 5.